The molecule has 2 aromatic rings. The summed E-state index contributed by atoms with van der Waals surface area (Å²) < 4.78 is 5.27. The molecule has 0 aliphatic carbocycles. The summed E-state index contributed by atoms with van der Waals surface area (Å²) in [5.74, 6) is 6.13. The third kappa shape index (κ3) is 3.39. The number of carbonyl (C=O) groups is 1. The first-order chi connectivity index (χ1) is 9.60. The van der Waals surface area contributed by atoms with Crippen molar-refractivity contribution in [3.63, 3.8) is 0 Å². The predicted molar refractivity (Wildman–Crippen MR) is 78.3 cm³/mol. The highest BCUT2D eigenvalue weighted by Crippen LogP contribution is 2.16. The van der Waals surface area contributed by atoms with Gasteiger partial charge in [0.15, 0.2) is 0 Å². The summed E-state index contributed by atoms with van der Waals surface area (Å²) in [6.45, 7) is 3.87. The molecule has 0 radical (unpaired) electrons. The molecule has 2 rings (SSSR count). The van der Waals surface area contributed by atoms with Crippen LogP contribution < -0.4 is 16.6 Å². The maximum absolute atomic E-state index is 12.3. The summed E-state index contributed by atoms with van der Waals surface area (Å²) >= 11 is 0. The molecule has 1 atom stereocenters. The highest BCUT2D eigenvalue weighted by molar-refractivity contribution is 5.99. The van der Waals surface area contributed by atoms with Crippen molar-refractivity contribution >= 4 is 11.6 Å². The monoisotopic (exact) mass is 273 g/mol. The van der Waals surface area contributed by atoms with E-state index in [1.165, 1.54) is 0 Å². The minimum atomic E-state index is -0.152. The number of nitrogens with one attached hydrogen (secondary N) is 2. The van der Waals surface area contributed by atoms with E-state index in [-0.39, 0.29) is 11.9 Å². The molecule has 5 heteroatoms. The minimum Gasteiger partial charge on any atom is -0.469 e. The third-order valence-corrected chi connectivity index (χ3v) is 3.04. The van der Waals surface area contributed by atoms with E-state index in [0.717, 1.165) is 11.3 Å². The SMILES string of the molecule is Cc1ccc(NN)c(C(=O)NC(C)Cc2ccco2)c1. The molecule has 1 unspecified atom stereocenters. The van der Waals surface area contributed by atoms with Crippen LogP contribution in [0.1, 0.15) is 28.6 Å². The van der Waals surface area contributed by atoms with E-state index in [9.17, 15) is 4.79 Å². The van der Waals surface area contributed by atoms with Crippen molar-refractivity contribution in [1.29, 1.82) is 0 Å². The van der Waals surface area contributed by atoms with Gasteiger partial charge in [-0.3, -0.25) is 10.6 Å². The minimum absolute atomic E-state index is 0.0280. The number of benzene rings is 1. The van der Waals surface area contributed by atoms with Gasteiger partial charge in [0.05, 0.1) is 17.5 Å². The number of furan rings is 1. The zero-order valence-electron chi connectivity index (χ0n) is 11.6. The molecule has 1 amide bonds. The summed E-state index contributed by atoms with van der Waals surface area (Å²) in [6.07, 6.45) is 2.27. The number of nitrogen functional groups attached to an aromatic ring is 1. The molecule has 106 valence electrons. The number of hydrazine groups is 1. The number of amides is 1. The van der Waals surface area contributed by atoms with E-state index in [1.807, 2.05) is 38.1 Å². The zero-order chi connectivity index (χ0) is 14.5. The quantitative estimate of drug-likeness (QED) is 0.576. The Morgan fingerprint density at radius 2 is 2.20 bits per heavy atom. The summed E-state index contributed by atoms with van der Waals surface area (Å²) in [6, 6.07) is 9.20. The molecule has 0 saturated carbocycles. The second kappa shape index (κ2) is 6.25. The fourth-order valence-corrected chi connectivity index (χ4v) is 2.05. The Bertz CT molecular complexity index is 579. The Hall–Kier alpha value is -2.27. The van der Waals surface area contributed by atoms with Gasteiger partial charge < -0.3 is 15.2 Å². The van der Waals surface area contributed by atoms with Crippen LogP contribution in [-0.4, -0.2) is 11.9 Å². The number of nitrogens with two attached hydrogens (primary N) is 1. The summed E-state index contributed by atoms with van der Waals surface area (Å²) in [5.41, 5.74) is 4.70. The molecule has 0 aliphatic heterocycles. The number of anilines is 1. The van der Waals surface area contributed by atoms with Crippen molar-refractivity contribution in [2.24, 2.45) is 5.84 Å². The number of rotatable bonds is 5. The molecule has 20 heavy (non-hydrogen) atoms. The van der Waals surface area contributed by atoms with Gasteiger partial charge in [-0.1, -0.05) is 11.6 Å². The van der Waals surface area contributed by atoms with Gasteiger partial charge in [0, 0.05) is 12.5 Å². The van der Waals surface area contributed by atoms with Crippen LogP contribution in [0.15, 0.2) is 41.0 Å². The van der Waals surface area contributed by atoms with Crippen LogP contribution in [0.5, 0.6) is 0 Å². The van der Waals surface area contributed by atoms with Crippen molar-refractivity contribution in [1.82, 2.24) is 5.32 Å². The Labute approximate surface area is 118 Å². The second-order valence-corrected chi connectivity index (χ2v) is 4.85. The number of carbonyl (C=O) groups excluding carboxylic acids is 1. The highest BCUT2D eigenvalue weighted by atomic mass is 16.3. The van der Waals surface area contributed by atoms with Crippen LogP contribution in [0.4, 0.5) is 5.69 Å². The number of aryl methyl sites for hydroxylation is 1. The second-order valence-electron chi connectivity index (χ2n) is 4.85. The molecule has 1 aromatic carbocycles. The number of hydrogen-bond donors (Lipinski definition) is 3. The molecule has 4 N–H and O–H groups in total. The van der Waals surface area contributed by atoms with E-state index in [1.54, 1.807) is 12.3 Å². The Morgan fingerprint density at radius 1 is 1.40 bits per heavy atom. The maximum atomic E-state index is 12.3. The number of hydrogen-bond acceptors (Lipinski definition) is 4. The molecule has 5 nitrogen and oxygen atoms in total. The predicted octanol–water partition coefficient (Wildman–Crippen LogP) is 2.23. The van der Waals surface area contributed by atoms with E-state index in [0.29, 0.717) is 17.7 Å². The Morgan fingerprint density at radius 3 is 2.85 bits per heavy atom. The Balaban J connectivity index is 2.06. The summed E-state index contributed by atoms with van der Waals surface area (Å²) in [4.78, 5) is 12.3. The van der Waals surface area contributed by atoms with Gasteiger partial charge >= 0.3 is 0 Å². The van der Waals surface area contributed by atoms with E-state index < -0.39 is 0 Å². The van der Waals surface area contributed by atoms with Crippen LogP contribution in [-0.2, 0) is 6.42 Å². The lowest BCUT2D eigenvalue weighted by Crippen LogP contribution is -2.34. The highest BCUT2D eigenvalue weighted by Gasteiger charge is 2.14. The van der Waals surface area contributed by atoms with Gasteiger partial charge in [0.1, 0.15) is 5.76 Å². The van der Waals surface area contributed by atoms with Crippen LogP contribution >= 0.6 is 0 Å². The van der Waals surface area contributed by atoms with Crippen molar-refractivity contribution in [3.8, 4) is 0 Å². The van der Waals surface area contributed by atoms with Gasteiger partial charge in [0.25, 0.3) is 5.91 Å². The van der Waals surface area contributed by atoms with Crippen molar-refractivity contribution in [2.45, 2.75) is 26.3 Å². The molecule has 0 fully saturated rings. The topological polar surface area (TPSA) is 80.3 Å². The first kappa shape index (κ1) is 14.1. The van der Waals surface area contributed by atoms with E-state index in [4.69, 9.17) is 10.3 Å². The zero-order valence-corrected chi connectivity index (χ0v) is 11.6. The first-order valence-electron chi connectivity index (χ1n) is 6.50. The Kier molecular flexibility index (Phi) is 4.42. The van der Waals surface area contributed by atoms with Crippen molar-refractivity contribution in [3.05, 3.63) is 53.5 Å². The average molecular weight is 273 g/mol. The maximum Gasteiger partial charge on any atom is 0.253 e. The van der Waals surface area contributed by atoms with Gasteiger partial charge in [-0.15, -0.1) is 0 Å². The van der Waals surface area contributed by atoms with E-state index >= 15 is 0 Å². The molecule has 1 aromatic heterocycles. The largest absolute Gasteiger partial charge is 0.469 e. The molecule has 0 aliphatic rings. The van der Waals surface area contributed by atoms with Crippen molar-refractivity contribution < 1.29 is 9.21 Å². The van der Waals surface area contributed by atoms with E-state index in [2.05, 4.69) is 10.7 Å². The summed E-state index contributed by atoms with van der Waals surface area (Å²) in [5, 5.41) is 2.94. The lowest BCUT2D eigenvalue weighted by molar-refractivity contribution is 0.0940. The fourth-order valence-electron chi connectivity index (χ4n) is 2.05. The average Bonchev–Trinajstić information content (AvgIpc) is 2.91. The first-order valence-corrected chi connectivity index (χ1v) is 6.50. The van der Waals surface area contributed by atoms with Crippen LogP contribution in [0.3, 0.4) is 0 Å². The lowest BCUT2D eigenvalue weighted by Gasteiger charge is -2.15. The van der Waals surface area contributed by atoms with Crippen LogP contribution in [0, 0.1) is 6.92 Å². The normalized spacial score (nSPS) is 11.9. The third-order valence-electron chi connectivity index (χ3n) is 3.04. The molecule has 0 saturated heterocycles. The molecule has 0 spiro atoms. The molecule has 0 bridgehead atoms. The molecular weight excluding hydrogens is 254 g/mol. The van der Waals surface area contributed by atoms with Gasteiger partial charge in [-0.2, -0.15) is 0 Å². The van der Waals surface area contributed by atoms with Gasteiger partial charge in [0.2, 0.25) is 0 Å². The smallest absolute Gasteiger partial charge is 0.253 e. The van der Waals surface area contributed by atoms with Gasteiger partial charge in [-0.05, 0) is 38.1 Å². The van der Waals surface area contributed by atoms with Crippen molar-refractivity contribution in [2.75, 3.05) is 5.43 Å². The van der Waals surface area contributed by atoms with Crippen LogP contribution in [0.25, 0.3) is 0 Å². The van der Waals surface area contributed by atoms with Gasteiger partial charge in [-0.25, -0.2) is 0 Å². The molecule has 1 heterocycles. The fraction of sp³-hybridized carbons (Fsp3) is 0.267. The van der Waals surface area contributed by atoms with Crippen LogP contribution in [0.2, 0.25) is 0 Å². The standard InChI is InChI=1S/C15H19N3O2/c1-10-5-6-14(18-16)13(8-10)15(19)17-11(2)9-12-4-3-7-20-12/h3-8,11,18H,9,16H2,1-2H3,(H,17,19). The summed E-state index contributed by atoms with van der Waals surface area (Å²) in [7, 11) is 0. The molecular formula is C15H19N3O2. The lowest BCUT2D eigenvalue weighted by atomic mass is 10.1.